The van der Waals surface area contributed by atoms with Crippen molar-refractivity contribution in [2.45, 2.75) is 32.9 Å². The largest absolute Gasteiger partial charge is 0.493 e. The fourth-order valence-corrected chi connectivity index (χ4v) is 2.38. The average Bonchev–Trinajstić information content (AvgIpc) is 2.81. The van der Waals surface area contributed by atoms with Crippen molar-refractivity contribution < 1.29 is 9.47 Å². The summed E-state index contributed by atoms with van der Waals surface area (Å²) in [5.74, 6) is 1.01. The zero-order valence-electron chi connectivity index (χ0n) is 11.0. The molecule has 0 fully saturated rings. The standard InChI is InChI=1S/C14H20ClNO2/c1-3-17-9-10(2)16-8-12-7-13(15)6-11-4-5-18-14(11)12/h6-7,10,16H,3-5,8-9H2,1-2H3. The maximum absolute atomic E-state index is 6.12. The number of rotatable bonds is 6. The molecular weight excluding hydrogens is 250 g/mol. The summed E-state index contributed by atoms with van der Waals surface area (Å²) in [6.07, 6.45) is 0.956. The smallest absolute Gasteiger partial charge is 0.127 e. The molecule has 0 radical (unpaired) electrons. The van der Waals surface area contributed by atoms with Crippen LogP contribution in [-0.2, 0) is 17.7 Å². The molecule has 2 rings (SSSR count). The fraction of sp³-hybridized carbons (Fsp3) is 0.571. The van der Waals surface area contributed by atoms with Crippen LogP contribution in [0, 0.1) is 0 Å². The number of ether oxygens (including phenoxy) is 2. The summed E-state index contributed by atoms with van der Waals surface area (Å²) in [5, 5.41) is 4.21. The number of fused-ring (bicyclic) bond motifs is 1. The first-order valence-corrected chi connectivity index (χ1v) is 6.83. The lowest BCUT2D eigenvalue weighted by Crippen LogP contribution is -2.30. The third-order valence-corrected chi connectivity index (χ3v) is 3.26. The first-order valence-electron chi connectivity index (χ1n) is 6.46. The summed E-state index contributed by atoms with van der Waals surface area (Å²) in [4.78, 5) is 0. The van der Waals surface area contributed by atoms with E-state index >= 15 is 0 Å². The van der Waals surface area contributed by atoms with Crippen molar-refractivity contribution >= 4 is 11.6 Å². The van der Waals surface area contributed by atoms with Gasteiger partial charge in [-0.25, -0.2) is 0 Å². The molecule has 1 atom stereocenters. The van der Waals surface area contributed by atoms with Gasteiger partial charge in [-0.3, -0.25) is 0 Å². The second-order valence-electron chi connectivity index (χ2n) is 4.59. The van der Waals surface area contributed by atoms with Gasteiger partial charge in [-0.05, 0) is 31.5 Å². The Kier molecular flexibility index (Phi) is 4.87. The van der Waals surface area contributed by atoms with E-state index in [4.69, 9.17) is 21.1 Å². The topological polar surface area (TPSA) is 30.5 Å². The maximum atomic E-state index is 6.12. The van der Waals surface area contributed by atoms with Crippen LogP contribution in [0.5, 0.6) is 5.75 Å². The summed E-state index contributed by atoms with van der Waals surface area (Å²) in [5.41, 5.74) is 2.36. The van der Waals surface area contributed by atoms with Crippen LogP contribution < -0.4 is 10.1 Å². The molecule has 4 heteroatoms. The summed E-state index contributed by atoms with van der Waals surface area (Å²) >= 11 is 6.12. The third-order valence-electron chi connectivity index (χ3n) is 3.04. The van der Waals surface area contributed by atoms with Gasteiger partial charge < -0.3 is 14.8 Å². The number of hydrogen-bond donors (Lipinski definition) is 1. The molecule has 0 bridgehead atoms. The van der Waals surface area contributed by atoms with Gasteiger partial charge in [0.05, 0.1) is 13.2 Å². The first kappa shape index (κ1) is 13.7. The molecule has 1 unspecified atom stereocenters. The summed E-state index contributed by atoms with van der Waals surface area (Å²) in [6, 6.07) is 4.30. The maximum Gasteiger partial charge on any atom is 0.127 e. The van der Waals surface area contributed by atoms with E-state index in [-0.39, 0.29) is 0 Å². The van der Waals surface area contributed by atoms with E-state index in [0.29, 0.717) is 6.04 Å². The molecule has 0 amide bonds. The molecule has 0 saturated heterocycles. The van der Waals surface area contributed by atoms with Crippen molar-refractivity contribution in [2.75, 3.05) is 19.8 Å². The van der Waals surface area contributed by atoms with Gasteiger partial charge in [0.1, 0.15) is 5.75 Å². The molecule has 0 aromatic heterocycles. The predicted octanol–water partition coefficient (Wildman–Crippen LogP) is 2.79. The van der Waals surface area contributed by atoms with E-state index in [0.717, 1.165) is 49.1 Å². The quantitative estimate of drug-likeness (QED) is 0.861. The lowest BCUT2D eigenvalue weighted by Gasteiger charge is -2.15. The van der Waals surface area contributed by atoms with Gasteiger partial charge in [0, 0.05) is 36.2 Å². The molecule has 0 spiro atoms. The van der Waals surface area contributed by atoms with E-state index in [1.807, 2.05) is 19.1 Å². The summed E-state index contributed by atoms with van der Waals surface area (Å²) in [6.45, 7) is 7.11. The molecule has 1 aromatic rings. The second kappa shape index (κ2) is 6.41. The van der Waals surface area contributed by atoms with Gasteiger partial charge in [-0.2, -0.15) is 0 Å². The molecular formula is C14H20ClNO2. The normalized spacial score (nSPS) is 15.3. The molecule has 18 heavy (non-hydrogen) atoms. The predicted molar refractivity (Wildman–Crippen MR) is 73.4 cm³/mol. The van der Waals surface area contributed by atoms with Crippen LogP contribution >= 0.6 is 11.6 Å². The van der Waals surface area contributed by atoms with Gasteiger partial charge in [0.15, 0.2) is 0 Å². The third kappa shape index (κ3) is 3.37. The molecule has 1 aliphatic heterocycles. The van der Waals surface area contributed by atoms with Crippen LogP contribution in [0.2, 0.25) is 5.02 Å². The molecule has 0 saturated carbocycles. The van der Waals surface area contributed by atoms with Gasteiger partial charge in [-0.1, -0.05) is 11.6 Å². The summed E-state index contributed by atoms with van der Waals surface area (Å²) < 4.78 is 11.0. The highest BCUT2D eigenvalue weighted by molar-refractivity contribution is 6.30. The van der Waals surface area contributed by atoms with Crippen molar-refractivity contribution in [2.24, 2.45) is 0 Å². The Balaban J connectivity index is 1.97. The van der Waals surface area contributed by atoms with Crippen LogP contribution in [0.25, 0.3) is 0 Å². The van der Waals surface area contributed by atoms with Crippen molar-refractivity contribution in [3.8, 4) is 5.75 Å². The number of hydrogen-bond acceptors (Lipinski definition) is 3. The fourth-order valence-electron chi connectivity index (χ4n) is 2.12. The Hall–Kier alpha value is -0.770. The lowest BCUT2D eigenvalue weighted by atomic mass is 10.1. The van der Waals surface area contributed by atoms with Crippen molar-refractivity contribution in [3.05, 3.63) is 28.3 Å². The van der Waals surface area contributed by atoms with E-state index in [1.54, 1.807) is 0 Å². The highest BCUT2D eigenvalue weighted by Crippen LogP contribution is 2.32. The van der Waals surface area contributed by atoms with Gasteiger partial charge in [0.25, 0.3) is 0 Å². The van der Waals surface area contributed by atoms with E-state index < -0.39 is 0 Å². The van der Waals surface area contributed by atoms with E-state index in [1.165, 1.54) is 5.56 Å². The SMILES string of the molecule is CCOCC(C)NCc1cc(Cl)cc2c1OCC2. The zero-order chi connectivity index (χ0) is 13.0. The Morgan fingerprint density at radius 1 is 1.50 bits per heavy atom. The Bertz CT molecular complexity index is 409. The molecule has 3 nitrogen and oxygen atoms in total. The Morgan fingerprint density at radius 2 is 2.33 bits per heavy atom. The van der Waals surface area contributed by atoms with Crippen LogP contribution in [-0.4, -0.2) is 25.9 Å². The summed E-state index contributed by atoms with van der Waals surface area (Å²) in [7, 11) is 0. The molecule has 0 aliphatic carbocycles. The van der Waals surface area contributed by atoms with Crippen LogP contribution in [0.1, 0.15) is 25.0 Å². The highest BCUT2D eigenvalue weighted by Gasteiger charge is 2.17. The highest BCUT2D eigenvalue weighted by atomic mass is 35.5. The lowest BCUT2D eigenvalue weighted by molar-refractivity contribution is 0.127. The van der Waals surface area contributed by atoms with E-state index in [2.05, 4.69) is 12.2 Å². The zero-order valence-corrected chi connectivity index (χ0v) is 11.7. The molecule has 100 valence electrons. The van der Waals surface area contributed by atoms with Crippen molar-refractivity contribution in [1.29, 1.82) is 0 Å². The Labute approximate surface area is 113 Å². The number of nitrogens with one attached hydrogen (secondary N) is 1. The Morgan fingerprint density at radius 3 is 3.11 bits per heavy atom. The van der Waals surface area contributed by atoms with E-state index in [9.17, 15) is 0 Å². The minimum atomic E-state index is 0.320. The first-order chi connectivity index (χ1) is 8.70. The van der Waals surface area contributed by atoms with Gasteiger partial charge in [0.2, 0.25) is 0 Å². The minimum absolute atomic E-state index is 0.320. The van der Waals surface area contributed by atoms with Gasteiger partial charge in [-0.15, -0.1) is 0 Å². The monoisotopic (exact) mass is 269 g/mol. The average molecular weight is 270 g/mol. The van der Waals surface area contributed by atoms with Crippen molar-refractivity contribution in [1.82, 2.24) is 5.32 Å². The molecule has 1 heterocycles. The van der Waals surface area contributed by atoms with Crippen LogP contribution in [0.4, 0.5) is 0 Å². The molecule has 1 aromatic carbocycles. The molecule has 1 aliphatic rings. The number of benzene rings is 1. The van der Waals surface area contributed by atoms with Gasteiger partial charge >= 0.3 is 0 Å². The number of halogens is 1. The van der Waals surface area contributed by atoms with Crippen LogP contribution in [0.3, 0.4) is 0 Å². The van der Waals surface area contributed by atoms with Crippen molar-refractivity contribution in [3.63, 3.8) is 0 Å². The second-order valence-corrected chi connectivity index (χ2v) is 5.03. The molecule has 1 N–H and O–H groups in total. The van der Waals surface area contributed by atoms with Crippen LogP contribution in [0.15, 0.2) is 12.1 Å². The minimum Gasteiger partial charge on any atom is -0.493 e.